The first-order valence-electron chi connectivity index (χ1n) is 12.5. The Kier molecular flexibility index (Phi) is 6.59. The Morgan fingerprint density at radius 1 is 0.780 bits per heavy atom. The fourth-order valence-corrected chi connectivity index (χ4v) is 5.40. The Bertz CT molecular complexity index is 1710. The van der Waals surface area contributed by atoms with E-state index in [1.54, 1.807) is 13.8 Å². The smallest absolute Gasteiger partial charge is 0.283 e. The number of amides is 4. The maximum absolute atomic E-state index is 13.8. The first kappa shape index (κ1) is 27.5. The van der Waals surface area contributed by atoms with Gasteiger partial charge >= 0.3 is 0 Å². The molecule has 4 amide bonds. The maximum atomic E-state index is 13.8. The summed E-state index contributed by atoms with van der Waals surface area (Å²) in [5.74, 6) is -4.84. The number of hydrogen-bond acceptors (Lipinski definition) is 10. The summed E-state index contributed by atoms with van der Waals surface area (Å²) in [6.07, 6.45) is 0.292. The molecule has 210 valence electrons. The van der Waals surface area contributed by atoms with E-state index in [-0.39, 0.29) is 12.3 Å². The van der Waals surface area contributed by atoms with Gasteiger partial charge in [0.05, 0.1) is 39.3 Å². The summed E-state index contributed by atoms with van der Waals surface area (Å²) >= 11 is 0. The molecule has 0 fully saturated rings. The van der Waals surface area contributed by atoms with Crippen molar-refractivity contribution in [1.82, 2.24) is 4.90 Å². The van der Waals surface area contributed by atoms with Gasteiger partial charge in [-0.3, -0.25) is 44.3 Å². The molecule has 0 saturated carbocycles. The summed E-state index contributed by atoms with van der Waals surface area (Å²) in [7, 11) is 0. The van der Waals surface area contributed by atoms with Crippen LogP contribution in [0.25, 0.3) is 10.8 Å². The van der Waals surface area contributed by atoms with E-state index in [0.717, 1.165) is 12.1 Å². The molecule has 0 saturated heterocycles. The van der Waals surface area contributed by atoms with Crippen molar-refractivity contribution in [3.63, 3.8) is 0 Å². The minimum atomic E-state index is -1.13. The van der Waals surface area contributed by atoms with Crippen molar-refractivity contribution >= 4 is 51.5 Å². The van der Waals surface area contributed by atoms with Crippen LogP contribution in [0, 0.1) is 26.1 Å². The lowest BCUT2D eigenvalue weighted by atomic mass is 9.83. The van der Waals surface area contributed by atoms with Gasteiger partial charge in [-0.2, -0.15) is 0 Å². The number of carbonyl (C=O) groups is 4. The van der Waals surface area contributed by atoms with Crippen LogP contribution in [0.4, 0.5) is 17.1 Å². The quantitative estimate of drug-likeness (QED) is 0.233. The number of aliphatic hydroxyl groups is 2. The average Bonchev–Trinajstić information content (AvgIpc) is 2.92. The zero-order valence-electron chi connectivity index (χ0n) is 21.7. The molecule has 5 rings (SSSR count). The fraction of sp³-hybridized carbons (Fsp3) is 0.259. The van der Waals surface area contributed by atoms with Gasteiger partial charge in [0.15, 0.2) is 0 Å². The molecule has 0 aliphatic carbocycles. The van der Waals surface area contributed by atoms with Crippen molar-refractivity contribution in [2.75, 3.05) is 18.1 Å². The van der Waals surface area contributed by atoms with Gasteiger partial charge in [-0.15, -0.1) is 0 Å². The minimum absolute atomic E-state index is 0.0127. The number of carbonyl (C=O) groups excluding carboxylic acids is 4. The largest absolute Gasteiger partial charge is 0.396 e. The summed E-state index contributed by atoms with van der Waals surface area (Å²) in [5, 5.41) is 42.7. The molecule has 14 nitrogen and oxygen atoms in total. The molecule has 0 spiro atoms. The van der Waals surface area contributed by atoms with Crippen molar-refractivity contribution in [3.05, 3.63) is 84.4 Å². The first-order chi connectivity index (χ1) is 19.4. The third-order valence-corrected chi connectivity index (χ3v) is 7.37. The van der Waals surface area contributed by atoms with Crippen LogP contribution in [0.15, 0.2) is 36.4 Å². The van der Waals surface area contributed by atoms with Gasteiger partial charge in [0, 0.05) is 29.5 Å². The molecule has 2 N–H and O–H groups in total. The van der Waals surface area contributed by atoms with Gasteiger partial charge in [-0.25, -0.2) is 4.90 Å². The van der Waals surface area contributed by atoms with Crippen LogP contribution in [0.1, 0.15) is 60.8 Å². The van der Waals surface area contributed by atoms with E-state index < -0.39 is 96.4 Å². The molecule has 2 aliphatic rings. The van der Waals surface area contributed by atoms with Gasteiger partial charge in [-0.05, 0) is 30.0 Å². The fourth-order valence-electron chi connectivity index (χ4n) is 5.40. The standard InChI is InChI=1S/C27H22N4O10/c1-12(2)19(11-33)29-25(35)16-10-17(30(38)39)22-20-15(9-18(31(40)41)23(21(16)20)27(29)37)24(34)28(26(22)36)14-5-3-13(4-6-14)7-8-32/h3-6,9-10,12,19,32-33H,7-8,11H2,1-2H3. The number of nitro groups is 2. The van der Waals surface area contributed by atoms with E-state index in [1.807, 2.05) is 0 Å². The predicted molar refractivity (Wildman–Crippen MR) is 142 cm³/mol. The highest BCUT2D eigenvalue weighted by atomic mass is 16.6. The molecule has 2 heterocycles. The number of aliphatic hydroxyl groups excluding tert-OH is 2. The third-order valence-electron chi connectivity index (χ3n) is 7.37. The predicted octanol–water partition coefficient (Wildman–Crippen LogP) is 2.60. The SMILES string of the molecule is CC(C)C(CO)N1C(=O)c2cc([N+](=O)[O-])c3c4c(cc([N+](=O)[O-])c(c24)C1=O)C(=O)N(c1ccc(CCO)cc1)C3=O. The van der Waals surface area contributed by atoms with Crippen molar-refractivity contribution in [1.29, 1.82) is 0 Å². The van der Waals surface area contributed by atoms with Crippen molar-refractivity contribution in [2.45, 2.75) is 26.3 Å². The lowest BCUT2D eigenvalue weighted by Crippen LogP contribution is -2.51. The monoisotopic (exact) mass is 562 g/mol. The van der Waals surface area contributed by atoms with E-state index in [4.69, 9.17) is 5.11 Å². The van der Waals surface area contributed by atoms with Gasteiger partial charge in [-0.1, -0.05) is 26.0 Å². The van der Waals surface area contributed by atoms with Crippen LogP contribution in [0.5, 0.6) is 0 Å². The summed E-state index contributed by atoms with van der Waals surface area (Å²) in [5.41, 5.74) is -3.13. The Morgan fingerprint density at radius 2 is 1.29 bits per heavy atom. The molecular formula is C27H22N4O10. The van der Waals surface area contributed by atoms with Crippen LogP contribution < -0.4 is 4.90 Å². The highest BCUT2D eigenvalue weighted by Crippen LogP contribution is 2.46. The molecule has 1 atom stereocenters. The molecule has 0 radical (unpaired) electrons. The second-order valence-electron chi connectivity index (χ2n) is 9.96. The molecule has 0 bridgehead atoms. The van der Waals surface area contributed by atoms with Gasteiger partial charge in [0.1, 0.15) is 11.1 Å². The Labute approximate surface area is 230 Å². The number of nitrogens with zero attached hydrogens (tertiary/aromatic N) is 4. The molecule has 41 heavy (non-hydrogen) atoms. The summed E-state index contributed by atoms with van der Waals surface area (Å²) < 4.78 is 0. The normalized spacial score (nSPS) is 15.2. The minimum Gasteiger partial charge on any atom is -0.396 e. The van der Waals surface area contributed by atoms with E-state index in [1.165, 1.54) is 24.3 Å². The Hall–Kier alpha value is -5.08. The van der Waals surface area contributed by atoms with Gasteiger partial charge < -0.3 is 10.2 Å². The number of nitro benzene ring substituents is 2. The summed E-state index contributed by atoms with van der Waals surface area (Å²) in [4.78, 5) is 78.7. The van der Waals surface area contributed by atoms with Crippen molar-refractivity contribution in [3.8, 4) is 0 Å². The van der Waals surface area contributed by atoms with Crippen LogP contribution in [-0.2, 0) is 6.42 Å². The molecule has 3 aromatic carbocycles. The van der Waals surface area contributed by atoms with Crippen LogP contribution in [-0.4, -0.2) is 67.8 Å². The molecular weight excluding hydrogens is 540 g/mol. The summed E-state index contributed by atoms with van der Waals surface area (Å²) in [6, 6.07) is 6.31. The van der Waals surface area contributed by atoms with Gasteiger partial charge in [0.25, 0.3) is 35.0 Å². The number of hydrogen-bond donors (Lipinski definition) is 2. The second-order valence-corrected chi connectivity index (χ2v) is 9.96. The highest BCUT2D eigenvalue weighted by molar-refractivity contribution is 6.41. The van der Waals surface area contributed by atoms with Crippen LogP contribution in [0.2, 0.25) is 0 Å². The number of imide groups is 2. The lowest BCUT2D eigenvalue weighted by molar-refractivity contribution is -0.385. The zero-order valence-corrected chi connectivity index (χ0v) is 21.7. The highest BCUT2D eigenvalue weighted by Gasteiger charge is 2.48. The topological polar surface area (TPSA) is 201 Å². The number of benzene rings is 3. The first-order valence-corrected chi connectivity index (χ1v) is 12.5. The van der Waals surface area contributed by atoms with E-state index in [9.17, 15) is 44.5 Å². The molecule has 2 aliphatic heterocycles. The number of rotatable bonds is 8. The van der Waals surface area contributed by atoms with Gasteiger partial charge in [0.2, 0.25) is 0 Å². The number of anilines is 1. The molecule has 1 unspecified atom stereocenters. The maximum Gasteiger partial charge on any atom is 0.283 e. The molecule has 3 aromatic rings. The molecule has 0 aromatic heterocycles. The van der Waals surface area contributed by atoms with Crippen molar-refractivity contribution < 1.29 is 39.2 Å². The Balaban J connectivity index is 1.86. The summed E-state index contributed by atoms with van der Waals surface area (Å²) in [6.45, 7) is 2.39. The molecule has 14 heteroatoms. The third kappa shape index (κ3) is 3.95. The second kappa shape index (κ2) is 9.83. The van der Waals surface area contributed by atoms with Crippen molar-refractivity contribution in [2.24, 2.45) is 5.92 Å². The van der Waals surface area contributed by atoms with E-state index in [2.05, 4.69) is 0 Å². The van der Waals surface area contributed by atoms with Crippen LogP contribution in [0.3, 0.4) is 0 Å². The average molecular weight is 562 g/mol. The van der Waals surface area contributed by atoms with E-state index >= 15 is 0 Å². The van der Waals surface area contributed by atoms with Crippen LogP contribution >= 0.6 is 0 Å². The zero-order chi connectivity index (χ0) is 29.9. The lowest BCUT2D eigenvalue weighted by Gasteiger charge is -2.36. The van der Waals surface area contributed by atoms with E-state index in [0.29, 0.717) is 21.8 Å². The Morgan fingerprint density at radius 3 is 1.76 bits per heavy atom.